The Hall–Kier alpha value is -2.63. The van der Waals surface area contributed by atoms with Gasteiger partial charge in [0.2, 0.25) is 0 Å². The van der Waals surface area contributed by atoms with Gasteiger partial charge in [-0.05, 0) is 24.1 Å². The Morgan fingerprint density at radius 1 is 1.32 bits per heavy atom. The van der Waals surface area contributed by atoms with Crippen molar-refractivity contribution in [3.63, 3.8) is 0 Å². The van der Waals surface area contributed by atoms with Crippen molar-refractivity contribution in [1.29, 1.82) is 0 Å². The highest BCUT2D eigenvalue weighted by Gasteiger charge is 2.24. The first kappa shape index (κ1) is 14.3. The zero-order valence-electron chi connectivity index (χ0n) is 12.6. The summed E-state index contributed by atoms with van der Waals surface area (Å²) in [5, 5.41) is 9.54. The van der Waals surface area contributed by atoms with E-state index in [1.54, 1.807) is 12.3 Å². The van der Waals surface area contributed by atoms with Crippen LogP contribution in [0.3, 0.4) is 0 Å². The molecule has 1 aromatic carbocycles. The third-order valence-electron chi connectivity index (χ3n) is 3.95. The van der Waals surface area contributed by atoms with Gasteiger partial charge >= 0.3 is 0 Å². The van der Waals surface area contributed by atoms with Crippen LogP contribution in [-0.2, 0) is 0 Å². The van der Waals surface area contributed by atoms with E-state index in [4.69, 9.17) is 0 Å². The van der Waals surface area contributed by atoms with Crippen molar-refractivity contribution >= 4 is 16.9 Å². The molecular formula is C16H19N5O. The summed E-state index contributed by atoms with van der Waals surface area (Å²) in [6.07, 6.45) is 2.50. The van der Waals surface area contributed by atoms with Crippen LogP contribution >= 0.6 is 0 Å². The molecule has 0 saturated carbocycles. The summed E-state index contributed by atoms with van der Waals surface area (Å²) in [5.74, 6) is 0.860. The van der Waals surface area contributed by atoms with Crippen molar-refractivity contribution in [2.45, 2.75) is 26.3 Å². The number of carbonyl (C=O) groups is 1. The van der Waals surface area contributed by atoms with Crippen molar-refractivity contribution < 1.29 is 4.79 Å². The molecule has 6 nitrogen and oxygen atoms in total. The van der Waals surface area contributed by atoms with E-state index in [1.807, 2.05) is 24.3 Å². The summed E-state index contributed by atoms with van der Waals surface area (Å²) in [5.41, 5.74) is 2.33. The molecular weight excluding hydrogens is 278 g/mol. The van der Waals surface area contributed by atoms with Gasteiger partial charge in [-0.15, -0.1) is 0 Å². The molecule has 2 atom stereocenters. The maximum Gasteiger partial charge on any atom is 0.269 e. The average Bonchev–Trinajstić information content (AvgIpc) is 3.20. The number of nitrogens with one attached hydrogen (secondary N) is 3. The van der Waals surface area contributed by atoms with E-state index in [2.05, 4.69) is 39.3 Å². The molecule has 3 aromatic rings. The normalized spacial score (nSPS) is 13.9. The maximum atomic E-state index is 12.3. The number of aromatic nitrogens is 4. The lowest BCUT2D eigenvalue weighted by Crippen LogP contribution is -2.33. The van der Waals surface area contributed by atoms with E-state index in [1.165, 1.54) is 0 Å². The number of hydrogen-bond donors (Lipinski definition) is 3. The van der Waals surface area contributed by atoms with E-state index in [9.17, 15) is 4.79 Å². The predicted molar refractivity (Wildman–Crippen MR) is 84.3 cm³/mol. The molecule has 3 rings (SSSR count). The summed E-state index contributed by atoms with van der Waals surface area (Å²) in [4.78, 5) is 20.2. The summed E-state index contributed by atoms with van der Waals surface area (Å²) < 4.78 is 0. The van der Waals surface area contributed by atoms with Gasteiger partial charge in [0, 0.05) is 6.20 Å². The van der Waals surface area contributed by atoms with Gasteiger partial charge in [0.25, 0.3) is 5.91 Å². The Bertz CT molecular complexity index is 729. The van der Waals surface area contributed by atoms with Crippen LogP contribution in [0, 0.1) is 5.92 Å². The second kappa shape index (κ2) is 6.01. The first-order chi connectivity index (χ1) is 10.7. The number of hydrogen-bond acceptors (Lipinski definition) is 3. The summed E-state index contributed by atoms with van der Waals surface area (Å²) in [6.45, 7) is 4.20. The molecule has 0 radical (unpaired) electrons. The van der Waals surface area contributed by atoms with E-state index < -0.39 is 0 Å². The van der Waals surface area contributed by atoms with Gasteiger partial charge in [-0.3, -0.25) is 9.89 Å². The van der Waals surface area contributed by atoms with E-state index in [-0.39, 0.29) is 17.9 Å². The number of benzene rings is 1. The van der Waals surface area contributed by atoms with Gasteiger partial charge in [-0.2, -0.15) is 5.10 Å². The number of rotatable bonds is 5. The van der Waals surface area contributed by atoms with Crippen LogP contribution in [0.25, 0.3) is 11.0 Å². The summed E-state index contributed by atoms with van der Waals surface area (Å²) >= 11 is 0. The number of carbonyl (C=O) groups excluding carboxylic acids is 1. The van der Waals surface area contributed by atoms with E-state index in [0.717, 1.165) is 23.3 Å². The molecule has 0 fully saturated rings. The molecule has 114 valence electrons. The smallest absolute Gasteiger partial charge is 0.269 e. The first-order valence-electron chi connectivity index (χ1n) is 7.44. The minimum atomic E-state index is -0.178. The second-order valence-corrected chi connectivity index (χ2v) is 5.45. The highest BCUT2D eigenvalue weighted by Crippen LogP contribution is 2.24. The Morgan fingerprint density at radius 2 is 2.14 bits per heavy atom. The highest BCUT2D eigenvalue weighted by atomic mass is 16.2. The lowest BCUT2D eigenvalue weighted by molar-refractivity contribution is 0.0915. The largest absolute Gasteiger partial charge is 0.340 e. The number of imidazole rings is 1. The van der Waals surface area contributed by atoms with Crippen LogP contribution in [0.4, 0.5) is 0 Å². The Morgan fingerprint density at radius 3 is 2.82 bits per heavy atom. The van der Waals surface area contributed by atoms with Gasteiger partial charge < -0.3 is 10.3 Å². The number of nitrogens with zero attached hydrogens (tertiary/aromatic N) is 2. The van der Waals surface area contributed by atoms with Gasteiger partial charge in [0.1, 0.15) is 11.5 Å². The lowest BCUT2D eigenvalue weighted by Gasteiger charge is -2.22. The number of para-hydroxylation sites is 2. The lowest BCUT2D eigenvalue weighted by atomic mass is 9.98. The fourth-order valence-corrected chi connectivity index (χ4v) is 2.44. The third-order valence-corrected chi connectivity index (χ3v) is 3.95. The molecule has 2 unspecified atom stereocenters. The van der Waals surface area contributed by atoms with Crippen molar-refractivity contribution in [3.8, 4) is 0 Å². The minimum absolute atomic E-state index is 0.173. The van der Waals surface area contributed by atoms with Gasteiger partial charge in [0.05, 0.1) is 17.1 Å². The Labute approximate surface area is 128 Å². The van der Waals surface area contributed by atoms with Crippen molar-refractivity contribution in [1.82, 2.24) is 25.5 Å². The number of amides is 1. The SMILES string of the molecule is CCC(C)C(NC(=O)c1ccn[nH]1)c1nc2ccccc2[nH]1. The van der Waals surface area contributed by atoms with E-state index >= 15 is 0 Å². The summed E-state index contributed by atoms with van der Waals surface area (Å²) in [6, 6.07) is 9.34. The molecule has 0 aliphatic heterocycles. The monoisotopic (exact) mass is 297 g/mol. The first-order valence-corrected chi connectivity index (χ1v) is 7.44. The molecule has 0 aliphatic rings. The standard InChI is InChI=1S/C16H19N5O/c1-3-10(2)14(20-16(22)13-8-9-17-21-13)15-18-11-6-4-5-7-12(11)19-15/h4-10,14H,3H2,1-2H3,(H,17,21)(H,18,19)(H,20,22). The average molecular weight is 297 g/mol. The van der Waals surface area contributed by atoms with Crippen LogP contribution in [0.1, 0.15) is 42.6 Å². The molecule has 6 heteroatoms. The molecule has 2 aromatic heterocycles. The Kier molecular flexibility index (Phi) is 3.91. The zero-order chi connectivity index (χ0) is 15.5. The number of fused-ring (bicyclic) bond motifs is 1. The fourth-order valence-electron chi connectivity index (χ4n) is 2.44. The summed E-state index contributed by atoms with van der Waals surface area (Å²) in [7, 11) is 0. The molecule has 2 heterocycles. The predicted octanol–water partition coefficient (Wildman–Crippen LogP) is 2.80. The van der Waals surface area contributed by atoms with Gasteiger partial charge in [0.15, 0.2) is 0 Å². The fraction of sp³-hybridized carbons (Fsp3) is 0.312. The highest BCUT2D eigenvalue weighted by molar-refractivity contribution is 5.92. The van der Waals surface area contributed by atoms with Crippen LogP contribution in [-0.4, -0.2) is 26.1 Å². The molecule has 22 heavy (non-hydrogen) atoms. The van der Waals surface area contributed by atoms with Crippen LogP contribution in [0.2, 0.25) is 0 Å². The minimum Gasteiger partial charge on any atom is -0.340 e. The quantitative estimate of drug-likeness (QED) is 0.677. The van der Waals surface area contributed by atoms with Crippen LogP contribution < -0.4 is 5.32 Å². The number of aromatic amines is 2. The molecule has 0 saturated heterocycles. The second-order valence-electron chi connectivity index (χ2n) is 5.45. The zero-order valence-corrected chi connectivity index (χ0v) is 12.6. The van der Waals surface area contributed by atoms with Crippen LogP contribution in [0.15, 0.2) is 36.5 Å². The van der Waals surface area contributed by atoms with Crippen molar-refractivity contribution in [3.05, 3.63) is 48.0 Å². The van der Waals surface area contributed by atoms with Gasteiger partial charge in [-0.1, -0.05) is 32.4 Å². The molecule has 0 spiro atoms. The van der Waals surface area contributed by atoms with Gasteiger partial charge in [-0.25, -0.2) is 4.98 Å². The molecule has 3 N–H and O–H groups in total. The van der Waals surface area contributed by atoms with E-state index in [0.29, 0.717) is 5.69 Å². The molecule has 0 aliphatic carbocycles. The third kappa shape index (κ3) is 2.72. The van der Waals surface area contributed by atoms with Crippen LogP contribution in [0.5, 0.6) is 0 Å². The van der Waals surface area contributed by atoms with Crippen molar-refractivity contribution in [2.75, 3.05) is 0 Å². The maximum absolute atomic E-state index is 12.3. The molecule has 1 amide bonds. The Balaban J connectivity index is 1.90. The topological polar surface area (TPSA) is 86.5 Å². The molecule has 0 bridgehead atoms. The van der Waals surface area contributed by atoms with Crippen molar-refractivity contribution in [2.24, 2.45) is 5.92 Å². The number of H-pyrrole nitrogens is 2.